The third-order valence-corrected chi connectivity index (χ3v) is 3.72. The van der Waals surface area contributed by atoms with Gasteiger partial charge in [0.25, 0.3) is 0 Å². The molecule has 0 atom stereocenters. The Morgan fingerprint density at radius 3 is 2.74 bits per heavy atom. The maximum absolute atomic E-state index is 10.4. The molecule has 0 bridgehead atoms. The molecule has 0 aliphatic carbocycles. The largest absolute Gasteiger partial charge is 0.388 e. The van der Waals surface area contributed by atoms with E-state index in [4.69, 9.17) is 16.3 Å². The Labute approximate surface area is 118 Å². The zero-order valence-electron chi connectivity index (χ0n) is 11.3. The highest BCUT2D eigenvalue weighted by Crippen LogP contribution is 2.29. The molecule has 0 unspecified atom stereocenters. The number of anilines is 1. The van der Waals surface area contributed by atoms with Crippen LogP contribution in [0.15, 0.2) is 6.33 Å². The van der Waals surface area contributed by atoms with Crippen LogP contribution in [0.2, 0.25) is 5.15 Å². The zero-order chi connectivity index (χ0) is 13.9. The van der Waals surface area contributed by atoms with Gasteiger partial charge < -0.3 is 15.2 Å². The van der Waals surface area contributed by atoms with Gasteiger partial charge in [-0.15, -0.1) is 0 Å². The molecule has 0 amide bonds. The second-order valence-corrected chi connectivity index (χ2v) is 5.63. The second-order valence-electron chi connectivity index (χ2n) is 5.27. The fourth-order valence-corrected chi connectivity index (χ4v) is 2.55. The van der Waals surface area contributed by atoms with Crippen LogP contribution in [0.25, 0.3) is 0 Å². The van der Waals surface area contributed by atoms with E-state index in [-0.39, 0.29) is 5.92 Å². The average molecular weight is 286 g/mol. The topological polar surface area (TPSA) is 67.3 Å². The smallest absolute Gasteiger partial charge is 0.138 e. The Morgan fingerprint density at radius 2 is 2.11 bits per heavy atom. The van der Waals surface area contributed by atoms with E-state index in [0.717, 1.165) is 5.56 Å². The molecule has 0 spiro atoms. The number of nitrogens with zero attached hydrogens (tertiary/aromatic N) is 2. The first kappa shape index (κ1) is 14.5. The molecule has 1 aromatic heterocycles. The highest BCUT2D eigenvalue weighted by atomic mass is 35.5. The first-order chi connectivity index (χ1) is 9.02. The Kier molecular flexibility index (Phi) is 4.60. The van der Waals surface area contributed by atoms with Crippen LogP contribution < -0.4 is 5.32 Å². The minimum Gasteiger partial charge on any atom is -0.388 e. The van der Waals surface area contributed by atoms with Gasteiger partial charge in [-0.25, -0.2) is 9.97 Å². The number of hydrogen-bond acceptors (Lipinski definition) is 5. The molecule has 1 aliphatic heterocycles. The lowest BCUT2D eigenvalue weighted by molar-refractivity contribution is -0.0543. The molecule has 1 aliphatic rings. The predicted molar refractivity (Wildman–Crippen MR) is 74.6 cm³/mol. The first-order valence-electron chi connectivity index (χ1n) is 6.56. The van der Waals surface area contributed by atoms with E-state index < -0.39 is 5.60 Å². The van der Waals surface area contributed by atoms with Crippen molar-refractivity contribution in [3.63, 3.8) is 0 Å². The van der Waals surface area contributed by atoms with Gasteiger partial charge in [-0.1, -0.05) is 25.4 Å². The van der Waals surface area contributed by atoms with Gasteiger partial charge in [0.15, 0.2) is 0 Å². The van der Waals surface area contributed by atoms with Gasteiger partial charge in [0.05, 0.1) is 5.60 Å². The van der Waals surface area contributed by atoms with Crippen LogP contribution in [-0.4, -0.2) is 40.4 Å². The molecule has 2 N–H and O–H groups in total. The van der Waals surface area contributed by atoms with Crippen LogP contribution in [-0.2, 0) is 4.74 Å². The number of aromatic nitrogens is 2. The highest BCUT2D eigenvalue weighted by molar-refractivity contribution is 6.30. The standard InChI is InChI=1S/C13H20ClN3O2/c1-9(2)10-11(14)16-8-17-12(10)15-7-13(18)3-5-19-6-4-13/h8-9,18H,3-7H2,1-2H3,(H,15,16,17). The molecule has 2 rings (SSSR count). The van der Waals surface area contributed by atoms with Gasteiger partial charge in [-0.3, -0.25) is 0 Å². The van der Waals surface area contributed by atoms with Crippen molar-refractivity contribution in [2.75, 3.05) is 25.1 Å². The lowest BCUT2D eigenvalue weighted by Gasteiger charge is -2.32. The predicted octanol–water partition coefficient (Wildman–Crippen LogP) is 2.21. The molecule has 1 saturated heterocycles. The Morgan fingerprint density at radius 1 is 1.42 bits per heavy atom. The van der Waals surface area contributed by atoms with Crippen LogP contribution >= 0.6 is 11.6 Å². The summed E-state index contributed by atoms with van der Waals surface area (Å²) < 4.78 is 5.26. The van der Waals surface area contributed by atoms with Crippen molar-refractivity contribution in [3.05, 3.63) is 17.0 Å². The summed E-state index contributed by atoms with van der Waals surface area (Å²) in [6, 6.07) is 0. The van der Waals surface area contributed by atoms with Crippen molar-refractivity contribution in [2.45, 2.75) is 38.2 Å². The minimum atomic E-state index is -0.732. The number of rotatable bonds is 4. The molecule has 6 heteroatoms. The van der Waals surface area contributed by atoms with Gasteiger partial charge >= 0.3 is 0 Å². The van der Waals surface area contributed by atoms with Gasteiger partial charge in [0.2, 0.25) is 0 Å². The Hall–Kier alpha value is -0.910. The number of aliphatic hydroxyl groups is 1. The second kappa shape index (κ2) is 6.03. The first-order valence-corrected chi connectivity index (χ1v) is 6.94. The minimum absolute atomic E-state index is 0.223. The van der Waals surface area contributed by atoms with Crippen molar-refractivity contribution in [1.29, 1.82) is 0 Å². The van der Waals surface area contributed by atoms with Gasteiger partial charge in [-0.05, 0) is 5.92 Å². The van der Waals surface area contributed by atoms with Crippen molar-refractivity contribution in [3.8, 4) is 0 Å². The van der Waals surface area contributed by atoms with Gasteiger partial charge in [0, 0.05) is 38.2 Å². The summed E-state index contributed by atoms with van der Waals surface area (Å²) in [5.41, 5.74) is 0.157. The van der Waals surface area contributed by atoms with E-state index in [1.165, 1.54) is 6.33 Å². The average Bonchev–Trinajstić information content (AvgIpc) is 2.37. The summed E-state index contributed by atoms with van der Waals surface area (Å²) in [7, 11) is 0. The molecule has 0 saturated carbocycles. The van der Waals surface area contributed by atoms with Crippen molar-refractivity contribution >= 4 is 17.4 Å². The summed E-state index contributed by atoms with van der Waals surface area (Å²) in [6.45, 7) is 5.72. The van der Waals surface area contributed by atoms with E-state index in [9.17, 15) is 5.11 Å². The number of halogens is 1. The third kappa shape index (κ3) is 3.55. The van der Waals surface area contributed by atoms with Crippen molar-refractivity contribution < 1.29 is 9.84 Å². The fourth-order valence-electron chi connectivity index (χ4n) is 2.20. The van der Waals surface area contributed by atoms with E-state index in [2.05, 4.69) is 15.3 Å². The van der Waals surface area contributed by atoms with Crippen molar-refractivity contribution in [1.82, 2.24) is 9.97 Å². The van der Waals surface area contributed by atoms with Crippen molar-refractivity contribution in [2.24, 2.45) is 0 Å². The molecule has 0 radical (unpaired) electrons. The SMILES string of the molecule is CC(C)c1c(Cl)ncnc1NCC1(O)CCOCC1. The lowest BCUT2D eigenvalue weighted by atomic mass is 9.94. The summed E-state index contributed by atoms with van der Waals surface area (Å²) in [5, 5.41) is 14.1. The Balaban J connectivity index is 2.09. The fraction of sp³-hybridized carbons (Fsp3) is 0.692. The normalized spacial score (nSPS) is 18.6. The molecule has 0 aromatic carbocycles. The lowest BCUT2D eigenvalue weighted by Crippen LogP contribution is -2.42. The molecule has 19 heavy (non-hydrogen) atoms. The van der Waals surface area contributed by atoms with Crippen LogP contribution in [0.5, 0.6) is 0 Å². The zero-order valence-corrected chi connectivity index (χ0v) is 12.1. The van der Waals surface area contributed by atoms with E-state index in [1.54, 1.807) is 0 Å². The molecular formula is C13H20ClN3O2. The van der Waals surface area contributed by atoms with Gasteiger partial charge in [0.1, 0.15) is 17.3 Å². The molecule has 1 fully saturated rings. The van der Waals surface area contributed by atoms with Crippen LogP contribution in [0.4, 0.5) is 5.82 Å². The molecular weight excluding hydrogens is 266 g/mol. The van der Waals surface area contributed by atoms with E-state index in [1.807, 2.05) is 13.8 Å². The van der Waals surface area contributed by atoms with Gasteiger partial charge in [-0.2, -0.15) is 0 Å². The van der Waals surface area contributed by atoms with Crippen LogP contribution in [0, 0.1) is 0 Å². The summed E-state index contributed by atoms with van der Waals surface area (Å²) in [6.07, 6.45) is 2.70. The third-order valence-electron chi connectivity index (χ3n) is 3.42. The van der Waals surface area contributed by atoms with Crippen LogP contribution in [0.3, 0.4) is 0 Å². The number of hydrogen-bond donors (Lipinski definition) is 2. The molecule has 2 heterocycles. The number of nitrogens with one attached hydrogen (secondary N) is 1. The molecule has 106 valence electrons. The van der Waals surface area contributed by atoms with E-state index in [0.29, 0.717) is 43.6 Å². The molecule has 5 nitrogen and oxygen atoms in total. The monoisotopic (exact) mass is 285 g/mol. The summed E-state index contributed by atoms with van der Waals surface area (Å²) in [4.78, 5) is 8.23. The Bertz CT molecular complexity index is 434. The number of ether oxygens (including phenoxy) is 1. The maximum Gasteiger partial charge on any atom is 0.138 e. The summed E-state index contributed by atoms with van der Waals surface area (Å²) in [5.74, 6) is 0.926. The van der Waals surface area contributed by atoms with Crippen LogP contribution in [0.1, 0.15) is 38.2 Å². The molecule has 1 aromatic rings. The highest BCUT2D eigenvalue weighted by Gasteiger charge is 2.30. The maximum atomic E-state index is 10.4. The van der Waals surface area contributed by atoms with E-state index >= 15 is 0 Å². The summed E-state index contributed by atoms with van der Waals surface area (Å²) >= 11 is 6.11. The quantitative estimate of drug-likeness (QED) is 0.830.